The molecule has 0 saturated heterocycles. The van der Waals surface area contributed by atoms with Crippen molar-refractivity contribution in [1.29, 1.82) is 0 Å². The van der Waals surface area contributed by atoms with E-state index in [1.807, 2.05) is 13.8 Å². The number of halogens is 3. The molecule has 3 aromatic rings. The Morgan fingerprint density at radius 1 is 1.25 bits per heavy atom. The highest BCUT2D eigenvalue weighted by atomic mass is 32.1. The van der Waals surface area contributed by atoms with E-state index in [2.05, 4.69) is 15.3 Å². The molecular weight excluding hydrogens is 409 g/mol. The van der Waals surface area contributed by atoms with Crippen LogP contribution in [-0.2, 0) is 6.18 Å². The third-order valence-corrected chi connectivity index (χ3v) is 4.95. The van der Waals surface area contributed by atoms with Crippen molar-refractivity contribution in [1.82, 2.24) is 9.97 Å². The number of carbonyl (C=O) groups is 1. The van der Waals surface area contributed by atoms with E-state index < -0.39 is 17.8 Å². The number of H-pyrrole nitrogens is 1. The number of urea groups is 1. The first kappa shape index (κ1) is 20.3. The number of carbonyl (C=O) groups excluding carboxylic acids is 1. The SMILES string of the molecule is CC(C)CN(C(=O)Nc1ccc(C(F)(F)F)cc1)c1ccc2[nH]c(=S)sc2n1. The summed E-state index contributed by atoms with van der Waals surface area (Å²) in [6, 6.07) is 7.33. The van der Waals surface area contributed by atoms with Crippen LogP contribution in [-0.4, -0.2) is 22.5 Å². The van der Waals surface area contributed by atoms with Crippen LogP contribution >= 0.6 is 23.6 Å². The fourth-order valence-corrected chi connectivity index (χ4v) is 3.61. The Kier molecular flexibility index (Phi) is 5.71. The molecule has 0 radical (unpaired) electrons. The number of fused-ring (bicyclic) bond motifs is 1. The van der Waals surface area contributed by atoms with Gasteiger partial charge in [0.15, 0.2) is 3.95 Å². The number of hydrogen-bond donors (Lipinski definition) is 2. The summed E-state index contributed by atoms with van der Waals surface area (Å²) in [6.45, 7) is 4.30. The van der Waals surface area contributed by atoms with Gasteiger partial charge in [0.2, 0.25) is 0 Å². The van der Waals surface area contributed by atoms with Crippen LogP contribution in [0.1, 0.15) is 19.4 Å². The second-order valence-electron chi connectivity index (χ2n) is 6.55. The first-order chi connectivity index (χ1) is 13.1. The van der Waals surface area contributed by atoms with Crippen molar-refractivity contribution < 1.29 is 18.0 Å². The molecule has 28 heavy (non-hydrogen) atoms. The van der Waals surface area contributed by atoms with E-state index in [-0.39, 0.29) is 11.6 Å². The summed E-state index contributed by atoms with van der Waals surface area (Å²) in [7, 11) is 0. The smallest absolute Gasteiger partial charge is 0.336 e. The van der Waals surface area contributed by atoms with Crippen molar-refractivity contribution in [2.24, 2.45) is 5.92 Å². The first-order valence-electron chi connectivity index (χ1n) is 8.39. The normalized spacial score (nSPS) is 11.8. The van der Waals surface area contributed by atoms with Crippen molar-refractivity contribution in [3.63, 3.8) is 0 Å². The van der Waals surface area contributed by atoms with Crippen molar-refractivity contribution in [3.8, 4) is 0 Å². The molecule has 0 unspecified atom stereocenters. The topological polar surface area (TPSA) is 61.0 Å². The highest BCUT2D eigenvalue weighted by Crippen LogP contribution is 2.30. The van der Waals surface area contributed by atoms with E-state index in [1.54, 1.807) is 12.1 Å². The van der Waals surface area contributed by atoms with Gasteiger partial charge in [0.05, 0.1) is 11.1 Å². The predicted molar refractivity (Wildman–Crippen MR) is 107 cm³/mol. The standard InChI is InChI=1S/C18H17F3N4OS2/c1-10(2)9-25(14-8-7-13-15(24-14)28-17(27)23-13)16(26)22-12-5-3-11(4-6-12)18(19,20)21/h3-8,10H,9H2,1-2H3,(H,22,26)(H,23,27). The number of nitrogens with zero attached hydrogens (tertiary/aromatic N) is 2. The summed E-state index contributed by atoms with van der Waals surface area (Å²) < 4.78 is 38.7. The second kappa shape index (κ2) is 7.88. The summed E-state index contributed by atoms with van der Waals surface area (Å²) in [6.07, 6.45) is -4.42. The largest absolute Gasteiger partial charge is 0.416 e. The number of hydrogen-bond acceptors (Lipinski definition) is 4. The van der Waals surface area contributed by atoms with Crippen molar-refractivity contribution in [3.05, 3.63) is 45.9 Å². The molecule has 2 N–H and O–H groups in total. The number of rotatable bonds is 4. The molecule has 0 fully saturated rings. The summed E-state index contributed by atoms with van der Waals surface area (Å²) in [5.41, 5.74) is 0.279. The van der Waals surface area contributed by atoms with Crippen LogP contribution in [0.5, 0.6) is 0 Å². The minimum Gasteiger partial charge on any atom is -0.336 e. The van der Waals surface area contributed by atoms with Crippen LogP contribution in [0.4, 0.5) is 29.5 Å². The van der Waals surface area contributed by atoms with Crippen LogP contribution in [0.2, 0.25) is 0 Å². The molecule has 0 aliphatic carbocycles. The van der Waals surface area contributed by atoms with Gasteiger partial charge >= 0.3 is 12.2 Å². The van der Waals surface area contributed by atoms with Crippen LogP contribution in [0.25, 0.3) is 10.3 Å². The lowest BCUT2D eigenvalue weighted by Crippen LogP contribution is -2.38. The van der Waals surface area contributed by atoms with Gasteiger partial charge < -0.3 is 10.3 Å². The molecule has 148 valence electrons. The highest BCUT2D eigenvalue weighted by molar-refractivity contribution is 7.73. The van der Waals surface area contributed by atoms with Crippen molar-refractivity contribution in [2.75, 3.05) is 16.8 Å². The van der Waals surface area contributed by atoms with Crippen LogP contribution in [0, 0.1) is 9.87 Å². The molecule has 0 aliphatic rings. The lowest BCUT2D eigenvalue weighted by Gasteiger charge is -2.24. The molecular formula is C18H17F3N4OS2. The minimum atomic E-state index is -4.42. The molecule has 2 aromatic heterocycles. The molecule has 5 nitrogen and oxygen atoms in total. The van der Waals surface area contributed by atoms with E-state index in [0.717, 1.165) is 17.6 Å². The molecule has 0 spiro atoms. The predicted octanol–water partition coefficient (Wildman–Crippen LogP) is 6.07. The van der Waals surface area contributed by atoms with Gasteiger partial charge in [0, 0.05) is 12.2 Å². The monoisotopic (exact) mass is 426 g/mol. The first-order valence-corrected chi connectivity index (χ1v) is 9.61. The maximum atomic E-state index is 12.8. The molecule has 3 rings (SSSR count). The number of benzene rings is 1. The number of nitrogens with one attached hydrogen (secondary N) is 2. The number of aromatic amines is 1. The summed E-state index contributed by atoms with van der Waals surface area (Å²) >= 11 is 6.42. The number of amides is 2. The zero-order valence-corrected chi connectivity index (χ0v) is 16.6. The number of alkyl halides is 3. The Hall–Kier alpha value is -2.46. The number of pyridine rings is 1. The molecule has 0 bridgehead atoms. The van der Waals surface area contributed by atoms with Gasteiger partial charge in [-0.2, -0.15) is 13.2 Å². The van der Waals surface area contributed by atoms with Gasteiger partial charge in [-0.05, 0) is 54.5 Å². The number of anilines is 2. The molecule has 2 amide bonds. The quantitative estimate of drug-likeness (QED) is 0.498. The highest BCUT2D eigenvalue weighted by Gasteiger charge is 2.30. The van der Waals surface area contributed by atoms with Gasteiger partial charge in [0.1, 0.15) is 10.6 Å². The molecule has 0 saturated carbocycles. The van der Waals surface area contributed by atoms with Crippen LogP contribution in [0.3, 0.4) is 0 Å². The third-order valence-electron chi connectivity index (χ3n) is 3.80. The molecule has 0 atom stereocenters. The summed E-state index contributed by atoms with van der Waals surface area (Å²) in [5.74, 6) is 0.594. The fraction of sp³-hybridized carbons (Fsp3) is 0.278. The van der Waals surface area contributed by atoms with Crippen molar-refractivity contribution >= 4 is 51.4 Å². The Labute approximate surface area is 168 Å². The average Bonchev–Trinajstić information content (AvgIpc) is 2.98. The second-order valence-corrected chi connectivity index (χ2v) is 8.21. The Morgan fingerprint density at radius 3 is 2.54 bits per heavy atom. The maximum Gasteiger partial charge on any atom is 0.416 e. The molecule has 10 heteroatoms. The van der Waals surface area contributed by atoms with E-state index in [0.29, 0.717) is 21.1 Å². The average molecular weight is 426 g/mol. The van der Waals surface area contributed by atoms with Crippen LogP contribution in [0.15, 0.2) is 36.4 Å². The lowest BCUT2D eigenvalue weighted by molar-refractivity contribution is -0.137. The summed E-state index contributed by atoms with van der Waals surface area (Å²) in [5, 5.41) is 2.63. The lowest BCUT2D eigenvalue weighted by atomic mass is 10.2. The molecule has 2 heterocycles. The van der Waals surface area contributed by atoms with Gasteiger partial charge in [-0.3, -0.25) is 4.90 Å². The van der Waals surface area contributed by atoms with E-state index in [4.69, 9.17) is 12.2 Å². The van der Waals surface area contributed by atoms with Gasteiger partial charge in [-0.15, -0.1) is 0 Å². The zero-order valence-electron chi connectivity index (χ0n) is 15.0. The number of aromatic nitrogens is 2. The number of thiazole rings is 1. The van der Waals surface area contributed by atoms with Crippen molar-refractivity contribution in [2.45, 2.75) is 20.0 Å². The Morgan fingerprint density at radius 2 is 1.93 bits per heavy atom. The zero-order chi connectivity index (χ0) is 20.5. The molecule has 0 aliphatic heterocycles. The maximum absolute atomic E-state index is 12.8. The van der Waals surface area contributed by atoms with Crippen LogP contribution < -0.4 is 10.2 Å². The van der Waals surface area contributed by atoms with E-state index in [9.17, 15) is 18.0 Å². The van der Waals surface area contributed by atoms with Gasteiger partial charge in [0.25, 0.3) is 0 Å². The van der Waals surface area contributed by atoms with Gasteiger partial charge in [-0.25, -0.2) is 9.78 Å². The van der Waals surface area contributed by atoms with Gasteiger partial charge in [-0.1, -0.05) is 25.2 Å². The molecule has 1 aromatic carbocycles. The van der Waals surface area contributed by atoms with E-state index in [1.165, 1.54) is 28.4 Å². The van der Waals surface area contributed by atoms with E-state index >= 15 is 0 Å². The Bertz CT molecular complexity index is 1040. The minimum absolute atomic E-state index is 0.153. The third kappa shape index (κ3) is 4.68. The Balaban J connectivity index is 1.85. The summed E-state index contributed by atoms with van der Waals surface area (Å²) in [4.78, 5) is 22.4. The fourth-order valence-electron chi connectivity index (χ4n) is 2.56.